The lowest BCUT2D eigenvalue weighted by Crippen LogP contribution is -2.17. The zero-order chi connectivity index (χ0) is 16.4. The average molecular weight is 308 g/mol. The number of methoxy groups -OCH3 is 1. The van der Waals surface area contributed by atoms with E-state index in [1.807, 2.05) is 6.92 Å². The minimum Gasteiger partial charge on any atom is -0.490 e. The van der Waals surface area contributed by atoms with Crippen LogP contribution in [0.2, 0.25) is 0 Å². The Balaban J connectivity index is 2.75. The Morgan fingerprint density at radius 2 is 1.82 bits per heavy atom. The van der Waals surface area contributed by atoms with E-state index in [1.165, 1.54) is 7.11 Å². The van der Waals surface area contributed by atoms with Gasteiger partial charge in [-0.25, -0.2) is 4.79 Å². The molecule has 5 heteroatoms. The van der Waals surface area contributed by atoms with Gasteiger partial charge in [0.2, 0.25) is 5.78 Å². The van der Waals surface area contributed by atoms with Crippen LogP contribution >= 0.6 is 0 Å². The molecule has 0 aliphatic carbocycles. The lowest BCUT2D eigenvalue weighted by Gasteiger charge is -2.13. The lowest BCUT2D eigenvalue weighted by atomic mass is 10.1. The van der Waals surface area contributed by atoms with Gasteiger partial charge in [-0.3, -0.25) is 4.79 Å². The third-order valence-corrected chi connectivity index (χ3v) is 3.09. The van der Waals surface area contributed by atoms with Crippen molar-refractivity contribution in [3.05, 3.63) is 23.8 Å². The number of carbonyl (C=O) groups is 2. The number of ketones is 1. The molecule has 0 atom stereocenters. The monoisotopic (exact) mass is 308 g/mol. The topological polar surface area (TPSA) is 61.8 Å². The molecule has 22 heavy (non-hydrogen) atoms. The summed E-state index contributed by atoms with van der Waals surface area (Å²) in [5, 5.41) is 0. The number of hydrogen-bond donors (Lipinski definition) is 0. The van der Waals surface area contributed by atoms with Crippen molar-refractivity contribution in [1.29, 1.82) is 0 Å². The second-order valence-corrected chi connectivity index (χ2v) is 4.86. The highest BCUT2D eigenvalue weighted by atomic mass is 16.5. The molecule has 0 radical (unpaired) electrons. The van der Waals surface area contributed by atoms with Gasteiger partial charge in [0.15, 0.2) is 11.5 Å². The molecule has 5 nitrogen and oxygen atoms in total. The maximum Gasteiger partial charge on any atom is 0.374 e. The number of rotatable bonds is 10. The van der Waals surface area contributed by atoms with Gasteiger partial charge in [-0.15, -0.1) is 0 Å². The number of Topliss-reactive ketones (excluding diaryl/α,β-unsaturated/α-hetero) is 1. The van der Waals surface area contributed by atoms with Crippen LogP contribution in [0.1, 0.15) is 38.7 Å². The van der Waals surface area contributed by atoms with Crippen molar-refractivity contribution < 1.29 is 23.8 Å². The van der Waals surface area contributed by atoms with Gasteiger partial charge < -0.3 is 14.2 Å². The van der Waals surface area contributed by atoms with E-state index in [4.69, 9.17) is 9.47 Å². The van der Waals surface area contributed by atoms with Crippen molar-refractivity contribution in [2.24, 2.45) is 0 Å². The predicted molar refractivity (Wildman–Crippen MR) is 83.4 cm³/mol. The molecular formula is C17H24O5. The van der Waals surface area contributed by atoms with Crippen molar-refractivity contribution in [2.75, 3.05) is 20.3 Å². The molecule has 0 unspecified atom stereocenters. The molecule has 0 saturated carbocycles. The van der Waals surface area contributed by atoms with Gasteiger partial charge in [-0.1, -0.05) is 25.8 Å². The van der Waals surface area contributed by atoms with Crippen LogP contribution in [0, 0.1) is 0 Å². The Morgan fingerprint density at radius 1 is 1.05 bits per heavy atom. The first kappa shape index (κ1) is 18.0. The van der Waals surface area contributed by atoms with Gasteiger partial charge in [0.25, 0.3) is 0 Å². The molecule has 0 spiro atoms. The van der Waals surface area contributed by atoms with E-state index in [2.05, 4.69) is 11.7 Å². The van der Waals surface area contributed by atoms with Gasteiger partial charge >= 0.3 is 5.97 Å². The van der Waals surface area contributed by atoms with Crippen LogP contribution in [-0.2, 0) is 20.7 Å². The Labute approximate surface area is 131 Å². The highest BCUT2D eigenvalue weighted by molar-refractivity contribution is 6.34. The van der Waals surface area contributed by atoms with Crippen LogP contribution in [0.4, 0.5) is 0 Å². The Bertz CT molecular complexity index is 496. The molecule has 122 valence electrons. The van der Waals surface area contributed by atoms with Gasteiger partial charge in [-0.05, 0) is 31.0 Å². The molecule has 0 aliphatic rings. The van der Waals surface area contributed by atoms with Gasteiger partial charge in [0.05, 0.1) is 20.3 Å². The first-order valence-electron chi connectivity index (χ1n) is 7.62. The van der Waals surface area contributed by atoms with E-state index in [9.17, 15) is 9.59 Å². The summed E-state index contributed by atoms with van der Waals surface area (Å²) in [4.78, 5) is 22.8. The second-order valence-electron chi connectivity index (χ2n) is 4.86. The number of hydrogen-bond acceptors (Lipinski definition) is 5. The van der Waals surface area contributed by atoms with Crippen LogP contribution in [0.25, 0.3) is 0 Å². The van der Waals surface area contributed by atoms with Crippen molar-refractivity contribution >= 4 is 11.8 Å². The smallest absolute Gasteiger partial charge is 0.374 e. The third-order valence-electron chi connectivity index (χ3n) is 3.09. The number of unbranched alkanes of at least 4 members (excludes halogenated alkanes) is 2. The molecule has 0 amide bonds. The summed E-state index contributed by atoms with van der Waals surface area (Å²) in [6, 6.07) is 5.27. The van der Waals surface area contributed by atoms with E-state index in [1.54, 1.807) is 18.2 Å². The van der Waals surface area contributed by atoms with Gasteiger partial charge in [-0.2, -0.15) is 0 Å². The van der Waals surface area contributed by atoms with Crippen LogP contribution < -0.4 is 9.47 Å². The Kier molecular flexibility index (Phi) is 8.04. The maximum atomic E-state index is 11.6. The highest BCUT2D eigenvalue weighted by Crippen LogP contribution is 2.29. The normalized spacial score (nSPS) is 10.1. The Morgan fingerprint density at radius 3 is 2.45 bits per heavy atom. The minimum absolute atomic E-state index is 0.0110. The molecule has 0 bridgehead atoms. The number of ether oxygens (including phenoxy) is 3. The highest BCUT2D eigenvalue weighted by Gasteiger charge is 2.16. The summed E-state index contributed by atoms with van der Waals surface area (Å²) >= 11 is 0. The summed E-state index contributed by atoms with van der Waals surface area (Å²) in [6.07, 6.45) is 3.24. The summed E-state index contributed by atoms with van der Waals surface area (Å²) in [5.74, 6) is -0.166. The SMILES string of the molecule is CCCCCOc1ccc(CC(=O)C(=O)OC)cc1OCC. The lowest BCUT2D eigenvalue weighted by molar-refractivity contribution is -0.151. The summed E-state index contributed by atoms with van der Waals surface area (Å²) < 4.78 is 15.7. The summed E-state index contributed by atoms with van der Waals surface area (Å²) in [5.41, 5.74) is 0.694. The quantitative estimate of drug-likeness (QED) is 0.378. The van der Waals surface area contributed by atoms with Crippen molar-refractivity contribution in [3.8, 4) is 11.5 Å². The molecule has 1 aromatic rings. The molecule has 1 rings (SSSR count). The predicted octanol–water partition coefficient (Wildman–Crippen LogP) is 2.94. The van der Waals surface area contributed by atoms with E-state index < -0.39 is 11.8 Å². The van der Waals surface area contributed by atoms with Crippen LogP contribution in [0.5, 0.6) is 11.5 Å². The molecular weight excluding hydrogens is 284 g/mol. The van der Waals surface area contributed by atoms with Crippen molar-refractivity contribution in [1.82, 2.24) is 0 Å². The average Bonchev–Trinajstić information content (AvgIpc) is 2.52. The van der Waals surface area contributed by atoms with Crippen molar-refractivity contribution in [2.45, 2.75) is 39.5 Å². The third kappa shape index (κ3) is 5.76. The van der Waals surface area contributed by atoms with Crippen LogP contribution in [0.3, 0.4) is 0 Å². The molecule has 0 aliphatic heterocycles. The molecule has 0 aromatic heterocycles. The Hall–Kier alpha value is -2.04. The largest absolute Gasteiger partial charge is 0.490 e. The van der Waals surface area contributed by atoms with E-state index in [-0.39, 0.29) is 6.42 Å². The molecule has 1 aromatic carbocycles. The number of carbonyl (C=O) groups excluding carboxylic acids is 2. The molecule has 0 fully saturated rings. The fraction of sp³-hybridized carbons (Fsp3) is 0.529. The second kappa shape index (κ2) is 9.82. The van der Waals surface area contributed by atoms with Crippen molar-refractivity contribution in [3.63, 3.8) is 0 Å². The molecule has 0 N–H and O–H groups in total. The summed E-state index contributed by atoms with van der Waals surface area (Å²) in [7, 11) is 1.19. The van der Waals surface area contributed by atoms with E-state index in [0.717, 1.165) is 19.3 Å². The molecule has 0 saturated heterocycles. The minimum atomic E-state index is -0.835. The standard InChI is InChI=1S/C17H24O5/c1-4-6-7-10-22-15-9-8-13(12-16(15)21-5-2)11-14(18)17(19)20-3/h8-9,12H,4-7,10-11H2,1-3H3. The van der Waals surface area contributed by atoms with Gasteiger partial charge in [0.1, 0.15) is 0 Å². The fourth-order valence-electron chi connectivity index (χ4n) is 1.96. The van der Waals surface area contributed by atoms with E-state index in [0.29, 0.717) is 30.3 Å². The number of benzene rings is 1. The number of esters is 1. The van der Waals surface area contributed by atoms with Crippen LogP contribution in [0.15, 0.2) is 18.2 Å². The zero-order valence-electron chi connectivity index (χ0n) is 13.5. The first-order valence-corrected chi connectivity index (χ1v) is 7.62. The fourth-order valence-corrected chi connectivity index (χ4v) is 1.96. The maximum absolute atomic E-state index is 11.6. The van der Waals surface area contributed by atoms with E-state index >= 15 is 0 Å². The zero-order valence-corrected chi connectivity index (χ0v) is 13.5. The summed E-state index contributed by atoms with van der Waals surface area (Å²) in [6.45, 7) is 5.15. The molecule has 0 heterocycles. The van der Waals surface area contributed by atoms with Gasteiger partial charge in [0, 0.05) is 6.42 Å². The van der Waals surface area contributed by atoms with Crippen LogP contribution in [-0.4, -0.2) is 32.1 Å². The first-order chi connectivity index (χ1) is 10.6.